The fraction of sp³-hybridized carbons (Fsp3) is 0.208. The summed E-state index contributed by atoms with van der Waals surface area (Å²) in [5.41, 5.74) is 3.33. The van der Waals surface area contributed by atoms with Crippen molar-refractivity contribution in [2.24, 2.45) is 0 Å². The van der Waals surface area contributed by atoms with Crippen LogP contribution in [0.5, 0.6) is 11.5 Å². The highest BCUT2D eigenvalue weighted by molar-refractivity contribution is 5.77. The highest BCUT2D eigenvalue weighted by atomic mass is 16.7. The van der Waals surface area contributed by atoms with Crippen LogP contribution >= 0.6 is 0 Å². The molecule has 3 aromatic rings. The minimum atomic E-state index is 0.0362. The van der Waals surface area contributed by atoms with Crippen molar-refractivity contribution >= 4 is 5.91 Å². The molecule has 0 aromatic heterocycles. The molecule has 0 atom stereocenters. The Bertz CT molecular complexity index is 901. The predicted molar refractivity (Wildman–Crippen MR) is 108 cm³/mol. The molecule has 3 aromatic carbocycles. The Morgan fingerprint density at radius 2 is 1.50 bits per heavy atom. The van der Waals surface area contributed by atoms with Gasteiger partial charge in [-0.1, -0.05) is 66.7 Å². The molecule has 28 heavy (non-hydrogen) atoms. The van der Waals surface area contributed by atoms with Crippen LogP contribution in [0.4, 0.5) is 0 Å². The van der Waals surface area contributed by atoms with Crippen LogP contribution in [0.25, 0.3) is 0 Å². The second-order valence-electron chi connectivity index (χ2n) is 7.02. The number of fused-ring (bicyclic) bond motifs is 1. The van der Waals surface area contributed by atoms with E-state index >= 15 is 0 Å². The first kappa shape index (κ1) is 18.1. The van der Waals surface area contributed by atoms with Gasteiger partial charge in [0.1, 0.15) is 0 Å². The standard InChI is InChI=1S/C24H23NO3/c1-25(16-18-12-13-22-23(14-18)28-17-27-22)24(26)15-21(19-8-4-2-5-9-19)20-10-6-3-7-11-20/h2-14,21H,15-17H2,1H3. The fourth-order valence-electron chi connectivity index (χ4n) is 3.53. The minimum Gasteiger partial charge on any atom is -0.454 e. The molecule has 142 valence electrons. The average molecular weight is 373 g/mol. The van der Waals surface area contributed by atoms with Gasteiger partial charge in [-0.3, -0.25) is 4.79 Å². The molecule has 0 saturated heterocycles. The molecular weight excluding hydrogens is 350 g/mol. The van der Waals surface area contributed by atoms with Crippen molar-refractivity contribution in [2.75, 3.05) is 13.8 Å². The summed E-state index contributed by atoms with van der Waals surface area (Å²) in [6, 6.07) is 26.2. The first-order chi connectivity index (χ1) is 13.7. The van der Waals surface area contributed by atoms with Crippen LogP contribution in [0.1, 0.15) is 29.0 Å². The second-order valence-corrected chi connectivity index (χ2v) is 7.02. The van der Waals surface area contributed by atoms with Crippen LogP contribution in [0.3, 0.4) is 0 Å². The Morgan fingerprint density at radius 1 is 0.893 bits per heavy atom. The number of ether oxygens (including phenoxy) is 2. The third-order valence-corrected chi connectivity index (χ3v) is 5.07. The smallest absolute Gasteiger partial charge is 0.231 e. The van der Waals surface area contributed by atoms with Crippen molar-refractivity contribution in [2.45, 2.75) is 18.9 Å². The Hall–Kier alpha value is -3.27. The summed E-state index contributed by atoms with van der Waals surface area (Å²) >= 11 is 0. The number of carbonyl (C=O) groups is 1. The molecule has 1 aliphatic rings. The molecule has 0 radical (unpaired) electrons. The number of amides is 1. The quantitative estimate of drug-likeness (QED) is 0.634. The summed E-state index contributed by atoms with van der Waals surface area (Å²) in [6.45, 7) is 0.787. The number of hydrogen-bond donors (Lipinski definition) is 0. The van der Waals surface area contributed by atoms with Gasteiger partial charge < -0.3 is 14.4 Å². The Morgan fingerprint density at radius 3 is 2.14 bits per heavy atom. The third kappa shape index (κ3) is 4.01. The molecule has 0 fully saturated rings. The number of rotatable bonds is 6. The highest BCUT2D eigenvalue weighted by Gasteiger charge is 2.21. The van der Waals surface area contributed by atoms with Crippen molar-refractivity contribution < 1.29 is 14.3 Å². The second kappa shape index (κ2) is 8.17. The molecule has 0 bridgehead atoms. The van der Waals surface area contributed by atoms with Crippen LogP contribution < -0.4 is 9.47 Å². The summed E-state index contributed by atoms with van der Waals surface area (Å²) < 4.78 is 10.8. The van der Waals surface area contributed by atoms with E-state index in [9.17, 15) is 4.79 Å². The van der Waals surface area contributed by atoms with E-state index in [1.165, 1.54) is 0 Å². The van der Waals surface area contributed by atoms with Gasteiger partial charge in [0.15, 0.2) is 11.5 Å². The molecule has 1 amide bonds. The van der Waals surface area contributed by atoms with Crippen LogP contribution in [0.15, 0.2) is 78.9 Å². The number of carbonyl (C=O) groups excluding carboxylic acids is 1. The van der Waals surface area contributed by atoms with E-state index in [1.807, 2.05) is 61.6 Å². The van der Waals surface area contributed by atoms with Gasteiger partial charge in [-0.05, 0) is 28.8 Å². The van der Waals surface area contributed by atoms with Crippen molar-refractivity contribution in [3.8, 4) is 11.5 Å². The Kier molecular flexibility index (Phi) is 5.29. The Labute approximate surface area is 165 Å². The van der Waals surface area contributed by atoms with Crippen LogP contribution in [-0.2, 0) is 11.3 Å². The molecule has 4 heteroatoms. The third-order valence-electron chi connectivity index (χ3n) is 5.07. The molecule has 0 N–H and O–H groups in total. The summed E-state index contributed by atoms with van der Waals surface area (Å²) in [4.78, 5) is 14.8. The normalized spacial score (nSPS) is 12.2. The van der Waals surface area contributed by atoms with E-state index in [0.717, 1.165) is 28.2 Å². The summed E-state index contributed by atoms with van der Waals surface area (Å²) in [7, 11) is 1.85. The van der Waals surface area contributed by atoms with E-state index < -0.39 is 0 Å². The van der Waals surface area contributed by atoms with Crippen molar-refractivity contribution in [1.82, 2.24) is 4.90 Å². The van der Waals surface area contributed by atoms with Crippen LogP contribution in [-0.4, -0.2) is 24.6 Å². The molecule has 4 rings (SSSR count). The minimum absolute atomic E-state index is 0.0362. The van der Waals surface area contributed by atoms with Gasteiger partial charge >= 0.3 is 0 Å². The molecule has 0 unspecified atom stereocenters. The lowest BCUT2D eigenvalue weighted by atomic mass is 9.88. The highest BCUT2D eigenvalue weighted by Crippen LogP contribution is 2.33. The maximum absolute atomic E-state index is 13.0. The van der Waals surface area contributed by atoms with E-state index in [1.54, 1.807) is 4.90 Å². The molecule has 0 spiro atoms. The first-order valence-electron chi connectivity index (χ1n) is 9.43. The molecular formula is C24H23NO3. The van der Waals surface area contributed by atoms with Gasteiger partial charge in [0, 0.05) is 25.9 Å². The van der Waals surface area contributed by atoms with Gasteiger partial charge in [0.25, 0.3) is 0 Å². The van der Waals surface area contributed by atoms with Crippen LogP contribution in [0.2, 0.25) is 0 Å². The molecule has 1 heterocycles. The lowest BCUT2D eigenvalue weighted by molar-refractivity contribution is -0.130. The largest absolute Gasteiger partial charge is 0.454 e. The zero-order chi connectivity index (χ0) is 19.3. The Balaban J connectivity index is 1.49. The zero-order valence-electron chi connectivity index (χ0n) is 15.9. The van der Waals surface area contributed by atoms with Gasteiger partial charge in [-0.15, -0.1) is 0 Å². The van der Waals surface area contributed by atoms with Crippen LogP contribution in [0, 0.1) is 0 Å². The number of hydrogen-bond acceptors (Lipinski definition) is 3. The lowest BCUT2D eigenvalue weighted by Gasteiger charge is -2.23. The summed E-state index contributed by atoms with van der Waals surface area (Å²) in [5.74, 6) is 1.64. The zero-order valence-corrected chi connectivity index (χ0v) is 15.9. The van der Waals surface area contributed by atoms with E-state index in [2.05, 4.69) is 24.3 Å². The number of benzene rings is 3. The monoisotopic (exact) mass is 373 g/mol. The van der Waals surface area contributed by atoms with E-state index in [0.29, 0.717) is 13.0 Å². The number of nitrogens with zero attached hydrogens (tertiary/aromatic N) is 1. The molecule has 4 nitrogen and oxygen atoms in total. The van der Waals surface area contributed by atoms with Crippen molar-refractivity contribution in [3.63, 3.8) is 0 Å². The van der Waals surface area contributed by atoms with Gasteiger partial charge in [-0.2, -0.15) is 0 Å². The van der Waals surface area contributed by atoms with E-state index in [4.69, 9.17) is 9.47 Å². The first-order valence-corrected chi connectivity index (χ1v) is 9.43. The molecule has 1 aliphatic heterocycles. The molecule has 0 aliphatic carbocycles. The van der Waals surface area contributed by atoms with Crippen molar-refractivity contribution in [1.29, 1.82) is 0 Å². The fourth-order valence-corrected chi connectivity index (χ4v) is 3.53. The maximum Gasteiger partial charge on any atom is 0.231 e. The van der Waals surface area contributed by atoms with Gasteiger partial charge in [0.2, 0.25) is 12.7 Å². The summed E-state index contributed by atoms with van der Waals surface area (Å²) in [5, 5.41) is 0. The molecule has 0 saturated carbocycles. The average Bonchev–Trinajstić information content (AvgIpc) is 3.21. The summed E-state index contributed by atoms with van der Waals surface area (Å²) in [6.07, 6.45) is 0.426. The predicted octanol–water partition coefficient (Wildman–Crippen LogP) is 4.60. The van der Waals surface area contributed by atoms with Crippen molar-refractivity contribution in [3.05, 3.63) is 95.6 Å². The van der Waals surface area contributed by atoms with E-state index in [-0.39, 0.29) is 18.6 Å². The maximum atomic E-state index is 13.0. The van der Waals surface area contributed by atoms with Gasteiger partial charge in [0.05, 0.1) is 0 Å². The van der Waals surface area contributed by atoms with Gasteiger partial charge in [-0.25, -0.2) is 0 Å². The lowest BCUT2D eigenvalue weighted by Crippen LogP contribution is -2.27. The SMILES string of the molecule is CN(Cc1ccc2c(c1)OCO2)C(=O)CC(c1ccccc1)c1ccccc1. The topological polar surface area (TPSA) is 38.8 Å².